The molecule has 2 rings (SSSR count). The first kappa shape index (κ1) is 12.8. The van der Waals surface area contributed by atoms with Crippen LogP contribution in [0.15, 0.2) is 0 Å². The van der Waals surface area contributed by atoms with Crippen LogP contribution in [0.2, 0.25) is 0 Å². The standard InChI is InChI=1S/C13H23NO3/c15-10-13(6-2-3-7-13)14-12(16)9-11-5-1-4-8-17-11/h11,15H,1-10H2,(H,14,16). The fraction of sp³-hybridized carbons (Fsp3) is 0.923. The third-order valence-corrected chi connectivity index (χ3v) is 3.95. The molecule has 17 heavy (non-hydrogen) atoms. The van der Waals surface area contributed by atoms with Crippen LogP contribution in [0, 0.1) is 0 Å². The Morgan fingerprint density at radius 2 is 2.06 bits per heavy atom. The van der Waals surface area contributed by atoms with E-state index in [1.165, 1.54) is 0 Å². The number of nitrogens with one attached hydrogen (secondary N) is 1. The summed E-state index contributed by atoms with van der Waals surface area (Å²) in [5.41, 5.74) is -0.342. The molecule has 1 aliphatic carbocycles. The van der Waals surface area contributed by atoms with E-state index in [4.69, 9.17) is 4.74 Å². The molecular weight excluding hydrogens is 218 g/mol. The van der Waals surface area contributed by atoms with Crippen molar-refractivity contribution in [2.24, 2.45) is 0 Å². The van der Waals surface area contributed by atoms with Crippen molar-refractivity contribution in [3.05, 3.63) is 0 Å². The van der Waals surface area contributed by atoms with Crippen LogP contribution in [-0.2, 0) is 9.53 Å². The quantitative estimate of drug-likeness (QED) is 0.781. The lowest BCUT2D eigenvalue weighted by molar-refractivity contribution is -0.127. The summed E-state index contributed by atoms with van der Waals surface area (Å²) >= 11 is 0. The highest BCUT2D eigenvalue weighted by Crippen LogP contribution is 2.29. The maximum atomic E-state index is 11.9. The topological polar surface area (TPSA) is 58.6 Å². The molecule has 1 aliphatic heterocycles. The average molecular weight is 241 g/mol. The number of aliphatic hydroxyl groups excluding tert-OH is 1. The van der Waals surface area contributed by atoms with Crippen LogP contribution >= 0.6 is 0 Å². The molecular formula is C13H23NO3. The van der Waals surface area contributed by atoms with Gasteiger partial charge in [-0.2, -0.15) is 0 Å². The summed E-state index contributed by atoms with van der Waals surface area (Å²) in [6.07, 6.45) is 7.78. The molecule has 98 valence electrons. The van der Waals surface area contributed by atoms with Crippen LogP contribution in [0.25, 0.3) is 0 Å². The van der Waals surface area contributed by atoms with E-state index in [9.17, 15) is 9.90 Å². The Hall–Kier alpha value is -0.610. The fourth-order valence-electron chi connectivity index (χ4n) is 2.90. The second-order valence-electron chi connectivity index (χ2n) is 5.39. The molecule has 1 atom stereocenters. The predicted octanol–water partition coefficient (Wildman–Crippen LogP) is 1.37. The van der Waals surface area contributed by atoms with Gasteiger partial charge in [0.25, 0.3) is 0 Å². The number of amides is 1. The van der Waals surface area contributed by atoms with Gasteiger partial charge in [-0.25, -0.2) is 0 Å². The van der Waals surface area contributed by atoms with Crippen molar-refractivity contribution in [1.29, 1.82) is 0 Å². The van der Waals surface area contributed by atoms with Gasteiger partial charge in [-0.1, -0.05) is 12.8 Å². The highest BCUT2D eigenvalue weighted by Gasteiger charge is 2.35. The Kier molecular flexibility index (Phi) is 4.40. The molecule has 0 aromatic rings. The van der Waals surface area contributed by atoms with Crippen molar-refractivity contribution in [3.63, 3.8) is 0 Å². The smallest absolute Gasteiger partial charge is 0.223 e. The molecule has 4 nitrogen and oxygen atoms in total. The Labute approximate surface area is 103 Å². The zero-order valence-electron chi connectivity index (χ0n) is 10.4. The van der Waals surface area contributed by atoms with Crippen molar-refractivity contribution >= 4 is 5.91 Å². The van der Waals surface area contributed by atoms with Crippen LogP contribution in [0.1, 0.15) is 51.4 Å². The van der Waals surface area contributed by atoms with Crippen molar-refractivity contribution < 1.29 is 14.6 Å². The Morgan fingerprint density at radius 1 is 1.29 bits per heavy atom. The van der Waals surface area contributed by atoms with Gasteiger partial charge < -0.3 is 15.2 Å². The van der Waals surface area contributed by atoms with E-state index >= 15 is 0 Å². The van der Waals surface area contributed by atoms with Crippen molar-refractivity contribution in [3.8, 4) is 0 Å². The van der Waals surface area contributed by atoms with E-state index in [1.54, 1.807) is 0 Å². The molecule has 0 aromatic heterocycles. The minimum atomic E-state index is -0.342. The van der Waals surface area contributed by atoms with Gasteiger partial charge in [-0.3, -0.25) is 4.79 Å². The zero-order valence-corrected chi connectivity index (χ0v) is 10.4. The normalized spacial score (nSPS) is 27.9. The SMILES string of the molecule is O=C(CC1CCCCO1)NC1(CO)CCCC1. The maximum Gasteiger partial charge on any atom is 0.223 e. The monoisotopic (exact) mass is 241 g/mol. The highest BCUT2D eigenvalue weighted by atomic mass is 16.5. The van der Waals surface area contributed by atoms with Gasteiger partial charge in [0.1, 0.15) is 0 Å². The lowest BCUT2D eigenvalue weighted by Crippen LogP contribution is -2.50. The van der Waals surface area contributed by atoms with Gasteiger partial charge in [0.15, 0.2) is 0 Å². The molecule has 1 saturated heterocycles. The van der Waals surface area contributed by atoms with E-state index in [-0.39, 0.29) is 24.2 Å². The first-order chi connectivity index (χ1) is 8.24. The first-order valence-electron chi connectivity index (χ1n) is 6.78. The summed E-state index contributed by atoms with van der Waals surface area (Å²) in [7, 11) is 0. The Morgan fingerprint density at radius 3 is 2.65 bits per heavy atom. The van der Waals surface area contributed by atoms with Crippen LogP contribution in [0.4, 0.5) is 0 Å². The van der Waals surface area contributed by atoms with E-state index in [2.05, 4.69) is 5.32 Å². The summed E-state index contributed by atoms with van der Waals surface area (Å²) in [6, 6.07) is 0. The number of hydrogen-bond acceptors (Lipinski definition) is 3. The van der Waals surface area contributed by atoms with Gasteiger partial charge in [0.2, 0.25) is 5.91 Å². The van der Waals surface area contributed by atoms with Crippen LogP contribution < -0.4 is 5.32 Å². The lowest BCUT2D eigenvalue weighted by Gasteiger charge is -2.29. The minimum absolute atomic E-state index is 0.0350. The lowest BCUT2D eigenvalue weighted by atomic mass is 9.98. The predicted molar refractivity (Wildman–Crippen MR) is 64.6 cm³/mol. The van der Waals surface area contributed by atoms with Gasteiger partial charge in [0, 0.05) is 6.61 Å². The van der Waals surface area contributed by atoms with E-state index in [0.29, 0.717) is 6.42 Å². The average Bonchev–Trinajstić information content (AvgIpc) is 2.79. The molecule has 1 saturated carbocycles. The minimum Gasteiger partial charge on any atom is -0.394 e. The van der Waals surface area contributed by atoms with Crippen molar-refractivity contribution in [1.82, 2.24) is 5.32 Å². The number of carbonyl (C=O) groups excluding carboxylic acids is 1. The van der Waals surface area contributed by atoms with Crippen molar-refractivity contribution in [2.45, 2.75) is 63.0 Å². The Bertz CT molecular complexity index is 255. The summed E-state index contributed by atoms with van der Waals surface area (Å²) in [5.74, 6) is 0.0350. The number of aliphatic hydroxyl groups is 1. The first-order valence-corrected chi connectivity index (χ1v) is 6.78. The summed E-state index contributed by atoms with van der Waals surface area (Å²) in [6.45, 7) is 0.841. The fourth-order valence-corrected chi connectivity index (χ4v) is 2.90. The van der Waals surface area contributed by atoms with Crippen LogP contribution in [0.5, 0.6) is 0 Å². The molecule has 1 amide bonds. The van der Waals surface area contributed by atoms with Gasteiger partial charge >= 0.3 is 0 Å². The van der Waals surface area contributed by atoms with Crippen molar-refractivity contribution in [2.75, 3.05) is 13.2 Å². The van der Waals surface area contributed by atoms with Crippen LogP contribution in [0.3, 0.4) is 0 Å². The largest absolute Gasteiger partial charge is 0.394 e. The number of hydrogen-bond donors (Lipinski definition) is 2. The highest BCUT2D eigenvalue weighted by molar-refractivity contribution is 5.77. The molecule has 2 N–H and O–H groups in total. The maximum absolute atomic E-state index is 11.9. The zero-order chi connectivity index (χ0) is 12.1. The molecule has 0 spiro atoms. The van der Waals surface area contributed by atoms with E-state index < -0.39 is 0 Å². The van der Waals surface area contributed by atoms with Gasteiger partial charge in [-0.15, -0.1) is 0 Å². The van der Waals surface area contributed by atoms with E-state index in [1.807, 2.05) is 0 Å². The second-order valence-corrected chi connectivity index (χ2v) is 5.39. The van der Waals surface area contributed by atoms with E-state index in [0.717, 1.165) is 51.6 Å². The molecule has 0 aromatic carbocycles. The van der Waals surface area contributed by atoms with Crippen LogP contribution in [-0.4, -0.2) is 35.9 Å². The molecule has 4 heteroatoms. The summed E-state index contributed by atoms with van der Waals surface area (Å²) < 4.78 is 5.56. The van der Waals surface area contributed by atoms with Gasteiger partial charge in [0.05, 0.1) is 24.7 Å². The second kappa shape index (κ2) is 5.83. The van der Waals surface area contributed by atoms with Gasteiger partial charge in [-0.05, 0) is 32.1 Å². The number of carbonyl (C=O) groups is 1. The number of rotatable bonds is 4. The summed E-state index contributed by atoms with van der Waals surface area (Å²) in [4.78, 5) is 11.9. The Balaban J connectivity index is 1.79. The summed E-state index contributed by atoms with van der Waals surface area (Å²) in [5, 5.41) is 12.4. The third-order valence-electron chi connectivity index (χ3n) is 3.95. The molecule has 0 radical (unpaired) electrons. The number of ether oxygens (including phenoxy) is 1. The molecule has 2 fully saturated rings. The molecule has 0 bridgehead atoms. The molecule has 1 unspecified atom stereocenters. The molecule has 1 heterocycles. The third kappa shape index (κ3) is 3.42. The molecule has 2 aliphatic rings.